The van der Waals surface area contributed by atoms with Crippen LogP contribution < -0.4 is 15.4 Å². The first kappa shape index (κ1) is 14.9. The van der Waals surface area contributed by atoms with Gasteiger partial charge in [0.2, 0.25) is 0 Å². The predicted molar refractivity (Wildman–Crippen MR) is 78.8 cm³/mol. The average Bonchev–Trinajstić information content (AvgIpc) is 2.36. The summed E-state index contributed by atoms with van der Waals surface area (Å²) in [6.45, 7) is 8.02. The SMILES string of the molecule is CCCOc1cc(N2C[C@@H](C)O[C@@H](C)C2)c(N)cc1F. The summed E-state index contributed by atoms with van der Waals surface area (Å²) in [5.74, 6) is -0.142. The van der Waals surface area contributed by atoms with Crippen molar-refractivity contribution in [2.45, 2.75) is 39.4 Å². The number of ether oxygens (including phenoxy) is 2. The van der Waals surface area contributed by atoms with Gasteiger partial charge >= 0.3 is 0 Å². The molecule has 2 rings (SSSR count). The first-order valence-electron chi connectivity index (χ1n) is 7.13. The molecule has 2 N–H and O–H groups in total. The molecule has 112 valence electrons. The van der Waals surface area contributed by atoms with Crippen LogP contribution in [-0.4, -0.2) is 31.9 Å². The molecule has 1 heterocycles. The fraction of sp³-hybridized carbons (Fsp3) is 0.600. The van der Waals surface area contributed by atoms with Crippen LogP contribution in [0.4, 0.5) is 15.8 Å². The number of anilines is 2. The Labute approximate surface area is 119 Å². The second-order valence-electron chi connectivity index (χ2n) is 5.35. The number of morpholine rings is 1. The van der Waals surface area contributed by atoms with Crippen molar-refractivity contribution in [3.8, 4) is 5.75 Å². The van der Waals surface area contributed by atoms with Gasteiger partial charge in [0.1, 0.15) is 0 Å². The topological polar surface area (TPSA) is 47.7 Å². The molecule has 0 radical (unpaired) electrons. The Kier molecular flexibility index (Phi) is 4.70. The lowest BCUT2D eigenvalue weighted by Crippen LogP contribution is -2.45. The van der Waals surface area contributed by atoms with Gasteiger partial charge in [-0.1, -0.05) is 6.92 Å². The molecule has 0 spiro atoms. The van der Waals surface area contributed by atoms with Crippen LogP contribution in [0.15, 0.2) is 12.1 Å². The Balaban J connectivity index is 2.25. The molecule has 1 aliphatic rings. The molecular weight excluding hydrogens is 259 g/mol. The molecule has 1 aliphatic heterocycles. The van der Waals surface area contributed by atoms with E-state index in [1.165, 1.54) is 6.07 Å². The van der Waals surface area contributed by atoms with Crippen LogP contribution in [0, 0.1) is 5.82 Å². The molecule has 0 saturated carbocycles. The van der Waals surface area contributed by atoms with Crippen LogP contribution in [0.3, 0.4) is 0 Å². The summed E-state index contributed by atoms with van der Waals surface area (Å²) in [6, 6.07) is 3.04. The van der Waals surface area contributed by atoms with Crippen molar-refractivity contribution in [1.29, 1.82) is 0 Å². The highest BCUT2D eigenvalue weighted by Crippen LogP contribution is 2.32. The zero-order chi connectivity index (χ0) is 14.7. The summed E-state index contributed by atoms with van der Waals surface area (Å²) < 4.78 is 25.0. The normalized spacial score (nSPS) is 22.9. The van der Waals surface area contributed by atoms with Gasteiger partial charge in [0.05, 0.1) is 30.2 Å². The minimum Gasteiger partial charge on any atom is -0.490 e. The Morgan fingerprint density at radius 2 is 2.00 bits per heavy atom. The number of nitrogens with zero attached hydrogens (tertiary/aromatic N) is 1. The van der Waals surface area contributed by atoms with Gasteiger partial charge in [-0.05, 0) is 20.3 Å². The third kappa shape index (κ3) is 3.33. The average molecular weight is 282 g/mol. The molecule has 20 heavy (non-hydrogen) atoms. The van der Waals surface area contributed by atoms with Crippen LogP contribution in [0.5, 0.6) is 5.75 Å². The molecule has 1 fully saturated rings. The van der Waals surface area contributed by atoms with Gasteiger partial charge in [-0.2, -0.15) is 0 Å². The quantitative estimate of drug-likeness (QED) is 0.863. The van der Waals surface area contributed by atoms with E-state index < -0.39 is 5.82 Å². The maximum Gasteiger partial charge on any atom is 0.167 e. The second-order valence-corrected chi connectivity index (χ2v) is 5.35. The number of rotatable bonds is 4. The molecule has 0 unspecified atom stereocenters. The first-order valence-corrected chi connectivity index (χ1v) is 7.13. The van der Waals surface area contributed by atoms with E-state index in [0.717, 1.165) is 25.2 Å². The standard InChI is InChI=1S/C15H23FN2O2/c1-4-5-19-15-7-14(13(17)6-12(15)16)18-8-10(2)20-11(3)9-18/h6-7,10-11H,4-5,8-9,17H2,1-3H3/t10-,11+. The smallest absolute Gasteiger partial charge is 0.167 e. The van der Waals surface area contributed by atoms with Crippen molar-refractivity contribution >= 4 is 11.4 Å². The van der Waals surface area contributed by atoms with Crippen molar-refractivity contribution in [2.24, 2.45) is 0 Å². The monoisotopic (exact) mass is 282 g/mol. The molecular formula is C15H23FN2O2. The molecule has 1 aromatic rings. The largest absolute Gasteiger partial charge is 0.490 e. The predicted octanol–water partition coefficient (Wildman–Crippen LogP) is 2.81. The van der Waals surface area contributed by atoms with E-state index >= 15 is 0 Å². The van der Waals surface area contributed by atoms with Gasteiger partial charge in [-0.25, -0.2) is 4.39 Å². The van der Waals surface area contributed by atoms with Gasteiger partial charge in [-0.3, -0.25) is 0 Å². The highest BCUT2D eigenvalue weighted by atomic mass is 19.1. The highest BCUT2D eigenvalue weighted by molar-refractivity contribution is 5.70. The zero-order valence-corrected chi connectivity index (χ0v) is 12.4. The molecule has 0 bridgehead atoms. The van der Waals surface area contributed by atoms with Crippen molar-refractivity contribution in [1.82, 2.24) is 0 Å². The Hall–Kier alpha value is -1.49. The molecule has 4 nitrogen and oxygen atoms in total. The number of nitrogen functional groups attached to an aromatic ring is 1. The Morgan fingerprint density at radius 3 is 2.60 bits per heavy atom. The molecule has 1 aromatic carbocycles. The summed E-state index contributed by atoms with van der Waals surface area (Å²) in [7, 11) is 0. The highest BCUT2D eigenvalue weighted by Gasteiger charge is 2.24. The second kappa shape index (κ2) is 6.31. The fourth-order valence-corrected chi connectivity index (χ4v) is 2.53. The van der Waals surface area contributed by atoms with E-state index in [2.05, 4.69) is 4.90 Å². The lowest BCUT2D eigenvalue weighted by Gasteiger charge is -2.37. The van der Waals surface area contributed by atoms with Crippen LogP contribution in [-0.2, 0) is 4.74 Å². The first-order chi connectivity index (χ1) is 9.51. The molecule has 5 heteroatoms. The number of benzene rings is 1. The van der Waals surface area contributed by atoms with Crippen molar-refractivity contribution < 1.29 is 13.9 Å². The van der Waals surface area contributed by atoms with E-state index in [1.54, 1.807) is 6.07 Å². The van der Waals surface area contributed by atoms with Crippen LogP contribution >= 0.6 is 0 Å². The van der Waals surface area contributed by atoms with E-state index in [4.69, 9.17) is 15.2 Å². The van der Waals surface area contributed by atoms with Crippen LogP contribution in [0.2, 0.25) is 0 Å². The summed E-state index contributed by atoms with van der Waals surface area (Å²) in [5.41, 5.74) is 7.22. The third-order valence-corrected chi connectivity index (χ3v) is 3.30. The third-order valence-electron chi connectivity index (χ3n) is 3.30. The van der Waals surface area contributed by atoms with Gasteiger partial charge in [0.15, 0.2) is 11.6 Å². The summed E-state index contributed by atoms with van der Waals surface area (Å²) in [5, 5.41) is 0. The lowest BCUT2D eigenvalue weighted by molar-refractivity contribution is -0.00518. The number of hydrogen-bond acceptors (Lipinski definition) is 4. The fourth-order valence-electron chi connectivity index (χ4n) is 2.53. The number of halogens is 1. The summed E-state index contributed by atoms with van der Waals surface area (Å²) in [6.07, 6.45) is 1.09. The van der Waals surface area contributed by atoms with Crippen molar-refractivity contribution in [3.05, 3.63) is 17.9 Å². The molecule has 0 amide bonds. The van der Waals surface area contributed by atoms with Crippen molar-refractivity contribution in [2.75, 3.05) is 30.3 Å². The summed E-state index contributed by atoms with van der Waals surface area (Å²) >= 11 is 0. The Morgan fingerprint density at radius 1 is 1.35 bits per heavy atom. The number of hydrogen-bond donors (Lipinski definition) is 1. The molecule has 2 atom stereocenters. The van der Waals surface area contributed by atoms with Crippen LogP contribution in [0.1, 0.15) is 27.2 Å². The van der Waals surface area contributed by atoms with Crippen LogP contribution in [0.25, 0.3) is 0 Å². The zero-order valence-electron chi connectivity index (χ0n) is 12.4. The molecule has 0 aliphatic carbocycles. The van der Waals surface area contributed by atoms with Gasteiger partial charge in [0, 0.05) is 25.2 Å². The minimum absolute atomic E-state index is 0.128. The van der Waals surface area contributed by atoms with E-state index in [0.29, 0.717) is 12.3 Å². The van der Waals surface area contributed by atoms with Gasteiger partial charge in [0.25, 0.3) is 0 Å². The van der Waals surface area contributed by atoms with E-state index in [-0.39, 0.29) is 18.0 Å². The van der Waals surface area contributed by atoms with Gasteiger partial charge < -0.3 is 20.1 Å². The molecule has 0 aromatic heterocycles. The Bertz CT molecular complexity index is 457. The minimum atomic E-state index is -0.408. The van der Waals surface area contributed by atoms with E-state index in [1.807, 2.05) is 20.8 Å². The van der Waals surface area contributed by atoms with Gasteiger partial charge in [-0.15, -0.1) is 0 Å². The molecule has 1 saturated heterocycles. The maximum absolute atomic E-state index is 13.8. The van der Waals surface area contributed by atoms with Crippen molar-refractivity contribution in [3.63, 3.8) is 0 Å². The lowest BCUT2D eigenvalue weighted by atomic mass is 10.1. The van der Waals surface area contributed by atoms with E-state index in [9.17, 15) is 4.39 Å². The maximum atomic E-state index is 13.8. The number of nitrogens with two attached hydrogens (primary N) is 1. The summed E-state index contributed by atoms with van der Waals surface area (Å²) in [4.78, 5) is 2.13.